The Morgan fingerprint density at radius 3 is 2.63 bits per heavy atom. The maximum Gasteiger partial charge on any atom is 0.247 e. The van der Waals surface area contributed by atoms with Crippen LogP contribution < -0.4 is 4.74 Å². The molecular weight excluding hydrogens is 467 g/mol. The fourth-order valence-corrected chi connectivity index (χ4v) is 6.17. The number of fused-ring (bicyclic) bond motifs is 1. The number of ether oxygens (including phenoxy) is 1. The molecule has 6 nitrogen and oxygen atoms in total. The van der Waals surface area contributed by atoms with E-state index in [4.69, 9.17) is 4.74 Å². The van der Waals surface area contributed by atoms with Crippen molar-refractivity contribution in [3.05, 3.63) is 59.4 Å². The van der Waals surface area contributed by atoms with Crippen molar-refractivity contribution in [1.82, 2.24) is 9.21 Å². The average molecular weight is 501 g/mol. The number of hydrogen-bond donors (Lipinski definition) is 1. The van der Waals surface area contributed by atoms with Gasteiger partial charge in [0.25, 0.3) is 0 Å². The Morgan fingerprint density at radius 2 is 1.94 bits per heavy atom. The standard InChI is InChI=1S/C27H33FN2O4S/c1-19-15-30(20(2)18-31)35(32,33)27-13-11-21(10-12-23-6-4-5-7-24(23)28)14-25(27)34-26(19)17-29(3)16-22-8-9-22/h4-7,11,13-14,19-20,22,26,31H,8-9,15-18H2,1-3H3/t19-,20+,26-/m0/s1. The highest BCUT2D eigenvalue weighted by molar-refractivity contribution is 7.89. The molecule has 2 aromatic carbocycles. The number of aliphatic hydroxyl groups is 1. The lowest BCUT2D eigenvalue weighted by molar-refractivity contribution is 0.0740. The summed E-state index contributed by atoms with van der Waals surface area (Å²) in [5.41, 5.74) is 0.797. The molecule has 0 amide bonds. The van der Waals surface area contributed by atoms with Crippen LogP contribution in [0.15, 0.2) is 47.4 Å². The second-order valence-corrected chi connectivity index (χ2v) is 11.7. The van der Waals surface area contributed by atoms with Gasteiger partial charge in [-0.05, 0) is 63.1 Å². The molecule has 188 valence electrons. The van der Waals surface area contributed by atoms with E-state index < -0.39 is 21.9 Å². The predicted molar refractivity (Wildman–Crippen MR) is 133 cm³/mol. The summed E-state index contributed by atoms with van der Waals surface area (Å²) >= 11 is 0. The molecule has 0 bridgehead atoms. The molecule has 1 N–H and O–H groups in total. The first-order chi connectivity index (χ1) is 16.7. The van der Waals surface area contributed by atoms with Gasteiger partial charge in [0.15, 0.2) is 0 Å². The minimum Gasteiger partial charge on any atom is -0.487 e. The van der Waals surface area contributed by atoms with Gasteiger partial charge in [0.1, 0.15) is 22.6 Å². The van der Waals surface area contributed by atoms with Gasteiger partial charge in [0, 0.05) is 37.2 Å². The molecule has 0 aromatic heterocycles. The summed E-state index contributed by atoms with van der Waals surface area (Å²) in [4.78, 5) is 2.30. The van der Waals surface area contributed by atoms with E-state index in [0.29, 0.717) is 12.1 Å². The maximum atomic E-state index is 14.0. The van der Waals surface area contributed by atoms with Crippen LogP contribution in [0.5, 0.6) is 5.75 Å². The van der Waals surface area contributed by atoms with E-state index >= 15 is 0 Å². The van der Waals surface area contributed by atoms with E-state index in [1.807, 2.05) is 6.92 Å². The van der Waals surface area contributed by atoms with Gasteiger partial charge in [-0.1, -0.05) is 30.9 Å². The Balaban J connectivity index is 1.72. The summed E-state index contributed by atoms with van der Waals surface area (Å²) in [5, 5.41) is 9.78. The van der Waals surface area contributed by atoms with Gasteiger partial charge in [-0.2, -0.15) is 4.31 Å². The SMILES string of the molecule is C[C@H](CO)N1C[C@H](C)[C@H](CN(C)CC2CC2)Oc2cc(C#Cc3ccccc3F)ccc2S1(=O)=O. The van der Waals surface area contributed by atoms with Crippen LogP contribution in [0.25, 0.3) is 0 Å². The van der Waals surface area contributed by atoms with Crippen molar-refractivity contribution in [2.45, 2.75) is 43.7 Å². The lowest BCUT2D eigenvalue weighted by atomic mass is 10.0. The average Bonchev–Trinajstić information content (AvgIpc) is 3.64. The molecular formula is C27H33FN2O4S. The number of halogens is 1. The van der Waals surface area contributed by atoms with E-state index in [2.05, 4.69) is 23.8 Å². The minimum absolute atomic E-state index is 0.0518. The third-order valence-electron chi connectivity index (χ3n) is 6.64. The Labute approximate surface area is 207 Å². The highest BCUT2D eigenvalue weighted by atomic mass is 32.2. The Morgan fingerprint density at radius 1 is 1.20 bits per heavy atom. The van der Waals surface area contributed by atoms with Crippen molar-refractivity contribution in [3.63, 3.8) is 0 Å². The number of sulfonamides is 1. The molecule has 1 saturated carbocycles. The molecule has 35 heavy (non-hydrogen) atoms. The Hall–Kier alpha value is -2.44. The fourth-order valence-electron chi connectivity index (χ4n) is 4.35. The zero-order valence-electron chi connectivity index (χ0n) is 20.4. The second kappa shape index (κ2) is 10.7. The first-order valence-corrected chi connectivity index (χ1v) is 13.5. The van der Waals surface area contributed by atoms with Crippen molar-refractivity contribution >= 4 is 10.0 Å². The van der Waals surface area contributed by atoms with Crippen molar-refractivity contribution in [1.29, 1.82) is 0 Å². The van der Waals surface area contributed by atoms with Crippen molar-refractivity contribution in [3.8, 4) is 17.6 Å². The number of likely N-dealkylation sites (N-methyl/N-ethyl adjacent to an activating group) is 1. The molecule has 2 aliphatic rings. The topological polar surface area (TPSA) is 70.1 Å². The minimum atomic E-state index is -3.91. The highest BCUT2D eigenvalue weighted by Crippen LogP contribution is 2.35. The molecule has 8 heteroatoms. The summed E-state index contributed by atoms with van der Waals surface area (Å²) in [6.07, 6.45) is 2.24. The summed E-state index contributed by atoms with van der Waals surface area (Å²) in [6.45, 7) is 5.30. The third-order valence-corrected chi connectivity index (χ3v) is 8.66. The summed E-state index contributed by atoms with van der Waals surface area (Å²) in [7, 11) is -1.85. The van der Waals surface area contributed by atoms with E-state index in [1.165, 1.54) is 29.3 Å². The van der Waals surface area contributed by atoms with Crippen LogP contribution in [-0.2, 0) is 10.0 Å². The van der Waals surface area contributed by atoms with E-state index in [-0.39, 0.29) is 41.4 Å². The first kappa shape index (κ1) is 25.6. The van der Waals surface area contributed by atoms with Gasteiger partial charge in [0.05, 0.1) is 12.2 Å². The maximum absolute atomic E-state index is 14.0. The Kier molecular flexibility index (Phi) is 7.82. The smallest absolute Gasteiger partial charge is 0.247 e. The van der Waals surface area contributed by atoms with E-state index in [1.54, 1.807) is 37.3 Å². The number of aliphatic hydroxyl groups excluding tert-OH is 1. The molecule has 0 spiro atoms. The second-order valence-electron chi connectivity index (χ2n) is 9.80. The lowest BCUT2D eigenvalue weighted by Crippen LogP contribution is -2.49. The summed E-state index contributed by atoms with van der Waals surface area (Å²) in [6, 6.07) is 10.4. The normalized spacial score (nSPS) is 22.8. The number of hydrogen-bond acceptors (Lipinski definition) is 5. The molecule has 4 rings (SSSR count). The van der Waals surface area contributed by atoms with Crippen LogP contribution in [0, 0.1) is 29.5 Å². The molecule has 3 atom stereocenters. The quantitative estimate of drug-likeness (QED) is 0.617. The third kappa shape index (κ3) is 6.04. The zero-order valence-corrected chi connectivity index (χ0v) is 21.3. The largest absolute Gasteiger partial charge is 0.487 e. The molecule has 0 saturated heterocycles. The monoisotopic (exact) mass is 500 g/mol. The number of rotatable bonds is 6. The van der Waals surface area contributed by atoms with Crippen molar-refractivity contribution in [2.75, 3.05) is 33.3 Å². The van der Waals surface area contributed by atoms with Crippen LogP contribution in [-0.4, -0.2) is 68.2 Å². The summed E-state index contributed by atoms with van der Waals surface area (Å²) in [5.74, 6) is 6.19. The van der Waals surface area contributed by atoms with Crippen molar-refractivity contribution in [2.24, 2.45) is 11.8 Å². The van der Waals surface area contributed by atoms with Crippen LogP contribution in [0.1, 0.15) is 37.8 Å². The summed E-state index contributed by atoms with van der Waals surface area (Å²) < 4.78 is 48.9. The van der Waals surface area contributed by atoms with Crippen LogP contribution in [0.2, 0.25) is 0 Å². The number of nitrogens with zero attached hydrogens (tertiary/aromatic N) is 2. The number of benzene rings is 2. The van der Waals surface area contributed by atoms with Gasteiger partial charge in [0.2, 0.25) is 10.0 Å². The highest BCUT2D eigenvalue weighted by Gasteiger charge is 2.38. The first-order valence-electron chi connectivity index (χ1n) is 12.1. The van der Waals surface area contributed by atoms with Gasteiger partial charge in [-0.15, -0.1) is 0 Å². The van der Waals surface area contributed by atoms with Gasteiger partial charge < -0.3 is 14.7 Å². The molecule has 2 aromatic rings. The predicted octanol–water partition coefficient (Wildman–Crippen LogP) is 3.34. The van der Waals surface area contributed by atoms with Crippen LogP contribution >= 0.6 is 0 Å². The van der Waals surface area contributed by atoms with Crippen molar-refractivity contribution < 1.29 is 22.7 Å². The fraction of sp³-hybridized carbons (Fsp3) is 0.481. The Bertz CT molecular complexity index is 1220. The van der Waals surface area contributed by atoms with E-state index in [0.717, 1.165) is 12.5 Å². The molecule has 1 heterocycles. The van der Waals surface area contributed by atoms with Crippen LogP contribution in [0.4, 0.5) is 4.39 Å². The molecule has 0 radical (unpaired) electrons. The van der Waals surface area contributed by atoms with Gasteiger partial charge >= 0.3 is 0 Å². The lowest BCUT2D eigenvalue weighted by Gasteiger charge is -2.37. The zero-order chi connectivity index (χ0) is 25.2. The molecule has 1 aliphatic heterocycles. The molecule has 0 unspecified atom stereocenters. The molecule has 1 aliphatic carbocycles. The van der Waals surface area contributed by atoms with Crippen LogP contribution in [0.3, 0.4) is 0 Å². The molecule has 1 fully saturated rings. The van der Waals surface area contributed by atoms with Gasteiger partial charge in [-0.25, -0.2) is 12.8 Å². The van der Waals surface area contributed by atoms with E-state index in [9.17, 15) is 17.9 Å². The van der Waals surface area contributed by atoms with Gasteiger partial charge in [-0.3, -0.25) is 0 Å².